The Morgan fingerprint density at radius 2 is 2.05 bits per heavy atom. The Morgan fingerprint density at radius 3 is 2.68 bits per heavy atom. The van der Waals surface area contributed by atoms with Crippen molar-refractivity contribution in [2.24, 2.45) is 0 Å². The van der Waals surface area contributed by atoms with Gasteiger partial charge in [-0.1, -0.05) is 0 Å². The van der Waals surface area contributed by atoms with E-state index in [1.807, 2.05) is 13.8 Å². The molecule has 0 atom stereocenters. The molecule has 0 heterocycles. The highest BCUT2D eigenvalue weighted by Crippen LogP contribution is 2.25. The summed E-state index contributed by atoms with van der Waals surface area (Å²) in [5.41, 5.74) is 0.368. The zero-order valence-electron chi connectivity index (χ0n) is 13.0. The van der Waals surface area contributed by atoms with Crippen LogP contribution in [0.3, 0.4) is 0 Å². The lowest BCUT2D eigenvalue weighted by Crippen LogP contribution is -2.35. The molecule has 0 spiro atoms. The number of carbonyl (C=O) groups excluding carboxylic acids is 2. The Hall–Kier alpha value is -2.31. The summed E-state index contributed by atoms with van der Waals surface area (Å²) in [7, 11) is 0. The highest BCUT2D eigenvalue weighted by atomic mass is 19.1. The molecule has 3 N–H and O–H groups in total. The van der Waals surface area contributed by atoms with Crippen LogP contribution in [-0.4, -0.2) is 31.1 Å². The summed E-state index contributed by atoms with van der Waals surface area (Å²) in [6.07, 6.45) is 0.188. The summed E-state index contributed by atoms with van der Waals surface area (Å²) in [5, 5.41) is 7.85. The van der Waals surface area contributed by atoms with Crippen LogP contribution in [0.1, 0.15) is 27.2 Å². The number of amides is 3. The predicted molar refractivity (Wildman–Crippen MR) is 82.5 cm³/mol. The Morgan fingerprint density at radius 1 is 1.32 bits per heavy atom. The fraction of sp³-hybridized carbons (Fsp3) is 0.467. The molecule has 6 nitrogen and oxygen atoms in total. The fourth-order valence-corrected chi connectivity index (χ4v) is 1.72. The molecule has 1 rings (SSSR count). The zero-order chi connectivity index (χ0) is 16.5. The van der Waals surface area contributed by atoms with Crippen molar-refractivity contribution >= 4 is 17.6 Å². The third-order valence-corrected chi connectivity index (χ3v) is 2.58. The van der Waals surface area contributed by atoms with E-state index >= 15 is 0 Å². The maximum absolute atomic E-state index is 13.2. The second kappa shape index (κ2) is 8.86. The SMILES string of the molecule is CCOc1cc(F)ccc1NC(=O)NCCC(=O)NC(C)C. The number of rotatable bonds is 7. The Balaban J connectivity index is 2.47. The van der Waals surface area contributed by atoms with Crippen LogP contribution in [-0.2, 0) is 4.79 Å². The third-order valence-electron chi connectivity index (χ3n) is 2.58. The Bertz CT molecular complexity index is 521. The van der Waals surface area contributed by atoms with Gasteiger partial charge in [-0.15, -0.1) is 0 Å². The molecule has 0 saturated carbocycles. The van der Waals surface area contributed by atoms with Gasteiger partial charge in [0.2, 0.25) is 5.91 Å². The molecule has 0 aliphatic rings. The van der Waals surface area contributed by atoms with Crippen molar-refractivity contribution in [3.05, 3.63) is 24.0 Å². The number of nitrogens with one attached hydrogen (secondary N) is 3. The highest BCUT2D eigenvalue weighted by Gasteiger charge is 2.09. The lowest BCUT2D eigenvalue weighted by Gasteiger charge is -2.12. The Kier molecular flexibility index (Phi) is 7.15. The summed E-state index contributed by atoms with van der Waals surface area (Å²) >= 11 is 0. The fourth-order valence-electron chi connectivity index (χ4n) is 1.72. The number of ether oxygens (including phenoxy) is 1. The van der Waals surface area contributed by atoms with Crippen molar-refractivity contribution < 1.29 is 18.7 Å². The zero-order valence-corrected chi connectivity index (χ0v) is 13.0. The molecular weight excluding hydrogens is 289 g/mol. The van der Waals surface area contributed by atoms with Gasteiger partial charge in [0.1, 0.15) is 11.6 Å². The Labute approximate surface area is 129 Å². The van der Waals surface area contributed by atoms with Crippen LogP contribution in [0.4, 0.5) is 14.9 Å². The molecule has 0 unspecified atom stereocenters. The number of anilines is 1. The van der Waals surface area contributed by atoms with Crippen LogP contribution in [0.15, 0.2) is 18.2 Å². The van der Waals surface area contributed by atoms with Gasteiger partial charge in [0.15, 0.2) is 0 Å². The van der Waals surface area contributed by atoms with E-state index < -0.39 is 11.8 Å². The van der Waals surface area contributed by atoms with Crippen molar-refractivity contribution in [2.75, 3.05) is 18.5 Å². The summed E-state index contributed by atoms with van der Waals surface area (Å²) < 4.78 is 18.4. The summed E-state index contributed by atoms with van der Waals surface area (Å²) in [6.45, 7) is 6.05. The smallest absolute Gasteiger partial charge is 0.319 e. The molecule has 0 bridgehead atoms. The molecule has 122 valence electrons. The first-order chi connectivity index (χ1) is 10.4. The van der Waals surface area contributed by atoms with Crippen molar-refractivity contribution in [2.45, 2.75) is 33.2 Å². The first-order valence-corrected chi connectivity index (χ1v) is 7.19. The number of benzene rings is 1. The van der Waals surface area contributed by atoms with E-state index in [-0.39, 0.29) is 30.7 Å². The van der Waals surface area contributed by atoms with Crippen LogP contribution in [0, 0.1) is 5.82 Å². The van der Waals surface area contributed by atoms with Gasteiger partial charge in [0, 0.05) is 25.1 Å². The van der Waals surface area contributed by atoms with Gasteiger partial charge in [-0.25, -0.2) is 9.18 Å². The van der Waals surface area contributed by atoms with Gasteiger partial charge >= 0.3 is 6.03 Å². The monoisotopic (exact) mass is 311 g/mol. The van der Waals surface area contributed by atoms with Gasteiger partial charge < -0.3 is 20.7 Å². The van der Waals surface area contributed by atoms with E-state index in [2.05, 4.69) is 16.0 Å². The average molecular weight is 311 g/mol. The van der Waals surface area contributed by atoms with Crippen LogP contribution in [0.2, 0.25) is 0 Å². The van der Waals surface area contributed by atoms with Crippen molar-refractivity contribution in [1.29, 1.82) is 0 Å². The molecular formula is C15H22FN3O3. The van der Waals surface area contributed by atoms with Gasteiger partial charge in [-0.3, -0.25) is 4.79 Å². The van der Waals surface area contributed by atoms with Crippen LogP contribution < -0.4 is 20.7 Å². The largest absolute Gasteiger partial charge is 0.492 e. The minimum Gasteiger partial charge on any atom is -0.492 e. The first-order valence-electron chi connectivity index (χ1n) is 7.19. The molecule has 0 aliphatic carbocycles. The van der Waals surface area contributed by atoms with E-state index in [0.717, 1.165) is 0 Å². The maximum atomic E-state index is 13.2. The molecule has 1 aromatic carbocycles. The van der Waals surface area contributed by atoms with Crippen molar-refractivity contribution in [3.63, 3.8) is 0 Å². The highest BCUT2D eigenvalue weighted by molar-refractivity contribution is 5.91. The quantitative estimate of drug-likeness (QED) is 0.722. The topological polar surface area (TPSA) is 79.5 Å². The van der Waals surface area contributed by atoms with Gasteiger partial charge in [0.25, 0.3) is 0 Å². The van der Waals surface area contributed by atoms with E-state index in [9.17, 15) is 14.0 Å². The molecule has 0 aliphatic heterocycles. The normalized spacial score (nSPS) is 10.2. The number of hydrogen-bond acceptors (Lipinski definition) is 3. The van der Waals surface area contributed by atoms with E-state index in [1.165, 1.54) is 18.2 Å². The van der Waals surface area contributed by atoms with E-state index in [0.29, 0.717) is 12.3 Å². The maximum Gasteiger partial charge on any atom is 0.319 e. The predicted octanol–water partition coefficient (Wildman–Crippen LogP) is 2.26. The summed E-state index contributed by atoms with van der Waals surface area (Å²) in [5.74, 6) is -0.318. The second-order valence-corrected chi connectivity index (χ2v) is 4.93. The number of carbonyl (C=O) groups is 2. The third kappa shape index (κ3) is 6.43. The number of halogens is 1. The summed E-state index contributed by atoms with van der Waals surface area (Å²) in [4.78, 5) is 23.2. The number of hydrogen-bond donors (Lipinski definition) is 3. The first kappa shape index (κ1) is 17.7. The van der Waals surface area contributed by atoms with Crippen LogP contribution in [0.25, 0.3) is 0 Å². The molecule has 22 heavy (non-hydrogen) atoms. The molecule has 0 saturated heterocycles. The van der Waals surface area contributed by atoms with Gasteiger partial charge in [-0.2, -0.15) is 0 Å². The van der Waals surface area contributed by atoms with E-state index in [4.69, 9.17) is 4.74 Å². The standard InChI is InChI=1S/C15H22FN3O3/c1-4-22-13-9-11(16)5-6-12(13)19-15(21)17-8-7-14(20)18-10(2)3/h5-6,9-10H,4,7-8H2,1-3H3,(H,18,20)(H2,17,19,21). The number of urea groups is 1. The van der Waals surface area contributed by atoms with Crippen LogP contribution in [0.5, 0.6) is 5.75 Å². The molecule has 7 heteroatoms. The summed E-state index contributed by atoms with van der Waals surface area (Å²) in [6, 6.07) is 3.44. The van der Waals surface area contributed by atoms with Crippen LogP contribution >= 0.6 is 0 Å². The van der Waals surface area contributed by atoms with E-state index in [1.54, 1.807) is 6.92 Å². The molecule has 0 fully saturated rings. The second-order valence-electron chi connectivity index (χ2n) is 4.93. The van der Waals surface area contributed by atoms with Crippen molar-refractivity contribution in [3.8, 4) is 5.75 Å². The van der Waals surface area contributed by atoms with Gasteiger partial charge in [-0.05, 0) is 32.9 Å². The van der Waals surface area contributed by atoms with Crippen molar-refractivity contribution in [1.82, 2.24) is 10.6 Å². The minimum atomic E-state index is -0.482. The molecule has 1 aromatic rings. The minimum absolute atomic E-state index is 0.0642. The lowest BCUT2D eigenvalue weighted by molar-refractivity contribution is -0.121. The molecule has 0 radical (unpaired) electrons. The lowest BCUT2D eigenvalue weighted by atomic mass is 10.3. The average Bonchev–Trinajstić information content (AvgIpc) is 2.41. The molecule has 3 amide bonds. The van der Waals surface area contributed by atoms with Gasteiger partial charge in [0.05, 0.1) is 12.3 Å². The molecule has 0 aromatic heterocycles.